The first-order chi connectivity index (χ1) is 19.4. The molecular formula is C31H34N2O6S. The van der Waals surface area contributed by atoms with Gasteiger partial charge in [-0.05, 0) is 53.2 Å². The van der Waals surface area contributed by atoms with Crippen LogP contribution in [0.3, 0.4) is 0 Å². The van der Waals surface area contributed by atoms with Crippen LogP contribution in [0.15, 0.2) is 78.9 Å². The third-order valence-corrected chi connectivity index (χ3v) is 7.60. The molecule has 40 heavy (non-hydrogen) atoms. The summed E-state index contributed by atoms with van der Waals surface area (Å²) in [5.74, 6) is -1.36. The molecule has 4 rings (SSSR count). The molecule has 1 aliphatic rings. The second-order valence-electron chi connectivity index (χ2n) is 9.63. The van der Waals surface area contributed by atoms with Gasteiger partial charge in [-0.1, -0.05) is 78.9 Å². The molecule has 210 valence electrons. The first-order valence-electron chi connectivity index (χ1n) is 13.2. The van der Waals surface area contributed by atoms with Crippen LogP contribution in [0, 0.1) is 0 Å². The summed E-state index contributed by atoms with van der Waals surface area (Å²) in [6, 6.07) is 23.2. The van der Waals surface area contributed by atoms with Crippen molar-refractivity contribution in [3.63, 3.8) is 0 Å². The molecule has 0 saturated carbocycles. The van der Waals surface area contributed by atoms with Gasteiger partial charge in [-0.25, -0.2) is 9.59 Å². The SMILES string of the molecule is CSCCC(NC(=O)OCC1c2ccccc2-c2ccccc21)C(=O)NC(C(=O)O)C(C)OCc1ccccc1. The highest BCUT2D eigenvalue weighted by Gasteiger charge is 2.32. The minimum Gasteiger partial charge on any atom is -0.480 e. The van der Waals surface area contributed by atoms with Crippen LogP contribution in [-0.2, 0) is 25.7 Å². The number of benzene rings is 3. The summed E-state index contributed by atoms with van der Waals surface area (Å²) in [6.07, 6.45) is 0.658. The lowest BCUT2D eigenvalue weighted by molar-refractivity contribution is -0.146. The van der Waals surface area contributed by atoms with Gasteiger partial charge < -0.3 is 25.2 Å². The van der Waals surface area contributed by atoms with Gasteiger partial charge in [0.05, 0.1) is 12.7 Å². The molecule has 9 heteroatoms. The summed E-state index contributed by atoms with van der Waals surface area (Å²) in [5.41, 5.74) is 5.30. The minimum atomic E-state index is -1.29. The first kappa shape index (κ1) is 29.2. The number of hydrogen-bond acceptors (Lipinski definition) is 6. The quantitative estimate of drug-likeness (QED) is 0.274. The number of carbonyl (C=O) groups excluding carboxylic acids is 2. The third-order valence-electron chi connectivity index (χ3n) is 6.95. The summed E-state index contributed by atoms with van der Waals surface area (Å²) >= 11 is 1.52. The van der Waals surface area contributed by atoms with Crippen molar-refractivity contribution in [1.82, 2.24) is 10.6 Å². The first-order valence-corrected chi connectivity index (χ1v) is 14.6. The highest BCUT2D eigenvalue weighted by Crippen LogP contribution is 2.44. The lowest BCUT2D eigenvalue weighted by Gasteiger charge is -2.25. The molecule has 0 fully saturated rings. The second-order valence-corrected chi connectivity index (χ2v) is 10.6. The number of nitrogens with one attached hydrogen (secondary N) is 2. The van der Waals surface area contributed by atoms with E-state index in [-0.39, 0.29) is 19.1 Å². The van der Waals surface area contributed by atoms with Crippen LogP contribution in [0.1, 0.15) is 36.0 Å². The van der Waals surface area contributed by atoms with Crippen molar-refractivity contribution >= 4 is 29.7 Å². The van der Waals surface area contributed by atoms with Crippen molar-refractivity contribution < 1.29 is 29.0 Å². The fraction of sp³-hybridized carbons (Fsp3) is 0.323. The van der Waals surface area contributed by atoms with E-state index in [9.17, 15) is 19.5 Å². The maximum atomic E-state index is 13.2. The zero-order valence-corrected chi connectivity index (χ0v) is 23.4. The maximum absolute atomic E-state index is 13.2. The van der Waals surface area contributed by atoms with Crippen LogP contribution in [0.4, 0.5) is 4.79 Å². The fourth-order valence-electron chi connectivity index (χ4n) is 4.82. The van der Waals surface area contributed by atoms with Gasteiger partial charge >= 0.3 is 12.1 Å². The molecule has 0 bridgehead atoms. The van der Waals surface area contributed by atoms with Crippen molar-refractivity contribution in [2.45, 2.75) is 44.1 Å². The normalized spacial score (nSPS) is 14.3. The van der Waals surface area contributed by atoms with Gasteiger partial charge in [-0.2, -0.15) is 11.8 Å². The van der Waals surface area contributed by atoms with Crippen molar-refractivity contribution in [1.29, 1.82) is 0 Å². The summed E-state index contributed by atoms with van der Waals surface area (Å²) in [5, 5.41) is 15.0. The number of rotatable bonds is 13. The number of ether oxygens (including phenoxy) is 2. The van der Waals surface area contributed by atoms with Crippen LogP contribution in [0.5, 0.6) is 0 Å². The summed E-state index contributed by atoms with van der Waals surface area (Å²) in [6.45, 7) is 1.91. The van der Waals surface area contributed by atoms with Crippen LogP contribution < -0.4 is 10.6 Å². The molecule has 0 aromatic heterocycles. The van der Waals surface area contributed by atoms with Crippen LogP contribution in [0.2, 0.25) is 0 Å². The summed E-state index contributed by atoms with van der Waals surface area (Å²) < 4.78 is 11.3. The number of alkyl carbamates (subject to hydrolysis) is 1. The predicted molar refractivity (Wildman–Crippen MR) is 155 cm³/mol. The Hall–Kier alpha value is -3.82. The van der Waals surface area contributed by atoms with Gasteiger partial charge in [0.25, 0.3) is 0 Å². The van der Waals surface area contributed by atoms with Crippen molar-refractivity contribution in [3.05, 3.63) is 95.6 Å². The molecule has 3 unspecified atom stereocenters. The lowest BCUT2D eigenvalue weighted by atomic mass is 9.98. The van der Waals surface area contributed by atoms with E-state index >= 15 is 0 Å². The molecule has 0 heterocycles. The number of carbonyl (C=O) groups is 3. The van der Waals surface area contributed by atoms with Gasteiger partial charge in [0.1, 0.15) is 12.6 Å². The minimum absolute atomic E-state index is 0.110. The molecule has 3 atom stereocenters. The smallest absolute Gasteiger partial charge is 0.407 e. The Morgan fingerprint density at radius 2 is 1.50 bits per heavy atom. The number of aliphatic carboxylic acids is 1. The highest BCUT2D eigenvalue weighted by molar-refractivity contribution is 7.98. The lowest BCUT2D eigenvalue weighted by Crippen LogP contribution is -2.55. The molecule has 0 saturated heterocycles. The molecule has 3 aromatic rings. The predicted octanol–water partition coefficient (Wildman–Crippen LogP) is 4.82. The second kappa shape index (κ2) is 14.0. The number of hydrogen-bond donors (Lipinski definition) is 3. The Morgan fingerprint density at radius 3 is 2.10 bits per heavy atom. The number of carboxylic acid groups (broad SMARTS) is 1. The van der Waals surface area contributed by atoms with Gasteiger partial charge in [0, 0.05) is 5.92 Å². The van der Waals surface area contributed by atoms with Gasteiger partial charge in [0.2, 0.25) is 5.91 Å². The number of fused-ring (bicyclic) bond motifs is 3. The number of carboxylic acids is 1. The van der Waals surface area contributed by atoms with Crippen molar-refractivity contribution in [2.75, 3.05) is 18.6 Å². The van der Waals surface area contributed by atoms with E-state index in [4.69, 9.17) is 9.47 Å². The van der Waals surface area contributed by atoms with E-state index in [1.807, 2.05) is 73.0 Å². The third kappa shape index (κ3) is 7.22. The average Bonchev–Trinajstić information content (AvgIpc) is 3.29. The van der Waals surface area contributed by atoms with Gasteiger partial charge in [0.15, 0.2) is 6.04 Å². The largest absolute Gasteiger partial charge is 0.480 e. The standard InChI is InChI=1S/C31H34N2O6S/c1-20(38-18-21-10-4-3-5-11-21)28(30(35)36)33-29(34)27(16-17-40-2)32-31(37)39-19-26-24-14-8-6-12-22(24)23-13-7-9-15-25(23)26/h3-15,20,26-28H,16-19H2,1-2H3,(H,32,37)(H,33,34)(H,35,36). The Morgan fingerprint density at radius 1 is 0.900 bits per heavy atom. The van der Waals surface area contributed by atoms with Crippen LogP contribution in [0.25, 0.3) is 11.1 Å². The molecule has 0 radical (unpaired) electrons. The molecule has 3 aromatic carbocycles. The fourth-order valence-corrected chi connectivity index (χ4v) is 5.29. The van der Waals surface area contributed by atoms with Gasteiger partial charge in [-0.15, -0.1) is 0 Å². The van der Waals surface area contributed by atoms with E-state index in [0.717, 1.165) is 27.8 Å². The maximum Gasteiger partial charge on any atom is 0.407 e. The van der Waals surface area contributed by atoms with E-state index < -0.39 is 36.2 Å². The van der Waals surface area contributed by atoms with E-state index in [1.165, 1.54) is 11.8 Å². The average molecular weight is 563 g/mol. The van der Waals surface area contributed by atoms with Crippen molar-refractivity contribution in [2.24, 2.45) is 0 Å². The molecular weight excluding hydrogens is 528 g/mol. The molecule has 0 spiro atoms. The molecule has 8 nitrogen and oxygen atoms in total. The number of thioether (sulfide) groups is 1. The molecule has 0 aliphatic heterocycles. The van der Waals surface area contributed by atoms with Crippen LogP contribution >= 0.6 is 11.8 Å². The highest BCUT2D eigenvalue weighted by atomic mass is 32.2. The zero-order valence-electron chi connectivity index (χ0n) is 22.5. The van der Waals surface area contributed by atoms with Crippen LogP contribution in [-0.4, -0.2) is 59.9 Å². The zero-order chi connectivity index (χ0) is 28.5. The van der Waals surface area contributed by atoms with E-state index in [0.29, 0.717) is 12.2 Å². The number of amides is 2. The molecule has 2 amide bonds. The summed E-state index contributed by atoms with van der Waals surface area (Å²) in [7, 11) is 0. The molecule has 3 N–H and O–H groups in total. The molecule has 1 aliphatic carbocycles. The Labute approximate surface area is 238 Å². The topological polar surface area (TPSA) is 114 Å². The Balaban J connectivity index is 1.37. The van der Waals surface area contributed by atoms with Gasteiger partial charge in [-0.3, -0.25) is 4.79 Å². The monoisotopic (exact) mass is 562 g/mol. The van der Waals surface area contributed by atoms with E-state index in [1.54, 1.807) is 6.92 Å². The Kier molecular flexibility index (Phi) is 10.2. The Bertz CT molecular complexity index is 1270. The van der Waals surface area contributed by atoms with E-state index in [2.05, 4.69) is 22.8 Å². The van der Waals surface area contributed by atoms with Crippen molar-refractivity contribution in [3.8, 4) is 11.1 Å². The summed E-state index contributed by atoms with van der Waals surface area (Å²) in [4.78, 5) is 38.0.